The number of hydrogen-bond donors (Lipinski definition) is 2. The van der Waals surface area contributed by atoms with Gasteiger partial charge in [0.1, 0.15) is 0 Å². The van der Waals surface area contributed by atoms with Crippen LogP contribution in [0.5, 0.6) is 0 Å². The summed E-state index contributed by atoms with van der Waals surface area (Å²) in [5, 5.41) is 12.7. The van der Waals surface area contributed by atoms with Gasteiger partial charge in [-0.1, -0.05) is 0 Å². The Morgan fingerprint density at radius 2 is 2.06 bits per heavy atom. The molecule has 4 nitrogen and oxygen atoms in total. The van der Waals surface area contributed by atoms with E-state index in [1.54, 1.807) is 0 Å². The van der Waals surface area contributed by atoms with Crippen molar-refractivity contribution in [1.29, 1.82) is 0 Å². The standard InChI is InChI=1S/C12H22N2O2/c15-11-5-8-14(9-11)12(16)2-1-10-3-6-13-7-4-10/h10-11,13,15H,1-9H2/t11-/m0/s1. The molecule has 1 atom stereocenters. The minimum atomic E-state index is -0.289. The number of nitrogens with zero attached hydrogens (tertiary/aromatic N) is 1. The summed E-state index contributed by atoms with van der Waals surface area (Å²) in [6, 6.07) is 0. The van der Waals surface area contributed by atoms with Crippen molar-refractivity contribution in [2.45, 2.75) is 38.2 Å². The highest BCUT2D eigenvalue weighted by molar-refractivity contribution is 5.76. The maximum Gasteiger partial charge on any atom is 0.222 e. The first-order chi connectivity index (χ1) is 7.75. The van der Waals surface area contributed by atoms with Gasteiger partial charge in [-0.2, -0.15) is 0 Å². The number of likely N-dealkylation sites (tertiary alicyclic amines) is 1. The van der Waals surface area contributed by atoms with Crippen molar-refractivity contribution >= 4 is 5.91 Å². The molecular formula is C12H22N2O2. The summed E-state index contributed by atoms with van der Waals surface area (Å²) in [6.45, 7) is 3.49. The highest BCUT2D eigenvalue weighted by Gasteiger charge is 2.24. The summed E-state index contributed by atoms with van der Waals surface area (Å²) in [5.74, 6) is 0.952. The average molecular weight is 226 g/mol. The zero-order chi connectivity index (χ0) is 11.4. The Kier molecular flexibility index (Phi) is 4.18. The van der Waals surface area contributed by atoms with Crippen molar-refractivity contribution in [1.82, 2.24) is 10.2 Å². The van der Waals surface area contributed by atoms with E-state index in [0.29, 0.717) is 13.0 Å². The van der Waals surface area contributed by atoms with Crippen LogP contribution in [0.2, 0.25) is 0 Å². The number of amides is 1. The quantitative estimate of drug-likeness (QED) is 0.730. The minimum Gasteiger partial charge on any atom is -0.391 e. The number of carbonyl (C=O) groups excluding carboxylic acids is 1. The molecule has 1 amide bonds. The molecule has 0 saturated carbocycles. The lowest BCUT2D eigenvalue weighted by Gasteiger charge is -2.23. The molecule has 2 rings (SSSR count). The molecule has 0 aromatic heterocycles. The molecule has 0 spiro atoms. The number of aliphatic hydroxyl groups excluding tert-OH is 1. The van der Waals surface area contributed by atoms with E-state index in [-0.39, 0.29) is 12.0 Å². The number of nitrogens with one attached hydrogen (secondary N) is 1. The maximum atomic E-state index is 11.8. The van der Waals surface area contributed by atoms with Gasteiger partial charge in [0.2, 0.25) is 5.91 Å². The van der Waals surface area contributed by atoms with Crippen molar-refractivity contribution in [2.75, 3.05) is 26.2 Å². The van der Waals surface area contributed by atoms with Crippen LogP contribution >= 0.6 is 0 Å². The molecule has 16 heavy (non-hydrogen) atoms. The molecule has 0 bridgehead atoms. The number of aliphatic hydroxyl groups is 1. The summed E-state index contributed by atoms with van der Waals surface area (Å²) >= 11 is 0. The Bertz CT molecular complexity index is 239. The van der Waals surface area contributed by atoms with Crippen LogP contribution in [0.15, 0.2) is 0 Å². The molecule has 0 aliphatic carbocycles. The van der Waals surface area contributed by atoms with E-state index in [4.69, 9.17) is 0 Å². The molecule has 0 aromatic rings. The lowest BCUT2D eigenvalue weighted by Crippen LogP contribution is -2.31. The topological polar surface area (TPSA) is 52.6 Å². The Hall–Kier alpha value is -0.610. The van der Waals surface area contributed by atoms with Crippen LogP contribution in [0, 0.1) is 5.92 Å². The third kappa shape index (κ3) is 3.19. The van der Waals surface area contributed by atoms with Gasteiger partial charge in [0, 0.05) is 19.5 Å². The second-order valence-corrected chi connectivity index (χ2v) is 5.01. The van der Waals surface area contributed by atoms with Crippen LogP contribution in [-0.2, 0) is 4.79 Å². The van der Waals surface area contributed by atoms with Gasteiger partial charge >= 0.3 is 0 Å². The van der Waals surface area contributed by atoms with E-state index in [0.717, 1.165) is 38.4 Å². The molecule has 2 heterocycles. The van der Waals surface area contributed by atoms with E-state index in [9.17, 15) is 9.90 Å². The van der Waals surface area contributed by atoms with Crippen molar-refractivity contribution in [2.24, 2.45) is 5.92 Å². The van der Waals surface area contributed by atoms with Gasteiger partial charge in [-0.25, -0.2) is 0 Å². The van der Waals surface area contributed by atoms with Gasteiger partial charge in [0.25, 0.3) is 0 Å². The molecule has 2 fully saturated rings. The second-order valence-electron chi connectivity index (χ2n) is 5.01. The Morgan fingerprint density at radius 3 is 2.69 bits per heavy atom. The summed E-state index contributed by atoms with van der Waals surface area (Å²) in [5.41, 5.74) is 0. The molecule has 0 aromatic carbocycles. The lowest BCUT2D eigenvalue weighted by atomic mass is 9.93. The number of piperidine rings is 1. The van der Waals surface area contributed by atoms with Gasteiger partial charge in [0.15, 0.2) is 0 Å². The number of hydrogen-bond acceptors (Lipinski definition) is 3. The lowest BCUT2D eigenvalue weighted by molar-refractivity contribution is -0.130. The fourth-order valence-electron chi connectivity index (χ4n) is 2.62. The second kappa shape index (κ2) is 5.64. The smallest absolute Gasteiger partial charge is 0.222 e. The van der Waals surface area contributed by atoms with E-state index in [1.807, 2.05) is 4.90 Å². The van der Waals surface area contributed by atoms with Gasteiger partial charge in [0.05, 0.1) is 6.10 Å². The van der Waals surface area contributed by atoms with E-state index >= 15 is 0 Å². The van der Waals surface area contributed by atoms with E-state index < -0.39 is 0 Å². The van der Waals surface area contributed by atoms with Crippen LogP contribution in [0.1, 0.15) is 32.1 Å². The molecule has 2 N–H and O–H groups in total. The summed E-state index contributed by atoms with van der Waals surface area (Å²) in [7, 11) is 0. The van der Waals surface area contributed by atoms with Crippen LogP contribution in [0.3, 0.4) is 0 Å². The maximum absolute atomic E-state index is 11.8. The fourth-order valence-corrected chi connectivity index (χ4v) is 2.62. The van der Waals surface area contributed by atoms with Crippen molar-refractivity contribution < 1.29 is 9.90 Å². The van der Waals surface area contributed by atoms with Gasteiger partial charge < -0.3 is 15.3 Å². The van der Waals surface area contributed by atoms with Gasteiger partial charge in [-0.15, -0.1) is 0 Å². The molecule has 0 radical (unpaired) electrons. The fraction of sp³-hybridized carbons (Fsp3) is 0.917. The number of β-amino-alcohol motifs (C(OH)–C–C–N with tert-alkyl or cyclic N) is 1. The molecule has 92 valence electrons. The van der Waals surface area contributed by atoms with E-state index in [2.05, 4.69) is 5.32 Å². The molecule has 4 heteroatoms. The Morgan fingerprint density at radius 1 is 1.31 bits per heavy atom. The Balaban J connectivity index is 1.67. The number of carbonyl (C=O) groups is 1. The first-order valence-corrected chi connectivity index (χ1v) is 6.42. The number of rotatable bonds is 3. The monoisotopic (exact) mass is 226 g/mol. The largest absolute Gasteiger partial charge is 0.391 e. The van der Waals surface area contributed by atoms with Crippen LogP contribution in [0.25, 0.3) is 0 Å². The normalized spacial score (nSPS) is 27.3. The van der Waals surface area contributed by atoms with Crippen LogP contribution < -0.4 is 5.32 Å². The van der Waals surface area contributed by atoms with Crippen molar-refractivity contribution in [3.63, 3.8) is 0 Å². The molecule has 0 unspecified atom stereocenters. The minimum absolute atomic E-state index is 0.232. The van der Waals surface area contributed by atoms with Gasteiger partial charge in [-0.05, 0) is 44.7 Å². The third-order valence-corrected chi connectivity index (χ3v) is 3.74. The first kappa shape index (κ1) is 11.9. The highest BCUT2D eigenvalue weighted by Crippen LogP contribution is 2.19. The summed E-state index contributed by atoms with van der Waals surface area (Å²) in [6.07, 6.45) is 4.55. The van der Waals surface area contributed by atoms with Gasteiger partial charge in [-0.3, -0.25) is 4.79 Å². The predicted molar refractivity (Wildman–Crippen MR) is 62.0 cm³/mol. The molecule has 2 aliphatic heterocycles. The third-order valence-electron chi connectivity index (χ3n) is 3.74. The summed E-state index contributed by atoms with van der Waals surface area (Å²) in [4.78, 5) is 13.6. The first-order valence-electron chi connectivity index (χ1n) is 6.42. The zero-order valence-electron chi connectivity index (χ0n) is 9.82. The van der Waals surface area contributed by atoms with Crippen LogP contribution in [0.4, 0.5) is 0 Å². The van der Waals surface area contributed by atoms with Crippen molar-refractivity contribution in [3.05, 3.63) is 0 Å². The zero-order valence-corrected chi connectivity index (χ0v) is 9.82. The molecule has 2 saturated heterocycles. The van der Waals surface area contributed by atoms with Crippen molar-refractivity contribution in [3.8, 4) is 0 Å². The SMILES string of the molecule is O=C(CCC1CCNCC1)N1CC[C@H](O)C1. The van der Waals surface area contributed by atoms with E-state index in [1.165, 1.54) is 12.8 Å². The molecular weight excluding hydrogens is 204 g/mol. The van der Waals surface area contributed by atoms with Crippen LogP contribution in [-0.4, -0.2) is 48.2 Å². The predicted octanol–water partition coefficient (Wildman–Crippen LogP) is 0.359. The highest BCUT2D eigenvalue weighted by atomic mass is 16.3. The molecule has 2 aliphatic rings. The Labute approximate surface area is 97.0 Å². The summed E-state index contributed by atoms with van der Waals surface area (Å²) < 4.78 is 0. The average Bonchev–Trinajstić information content (AvgIpc) is 2.74.